The van der Waals surface area contributed by atoms with Gasteiger partial charge in [0.15, 0.2) is 0 Å². The molecule has 2 aromatic rings. The maximum absolute atomic E-state index is 11.3. The molecule has 0 heterocycles. The summed E-state index contributed by atoms with van der Waals surface area (Å²) in [7, 11) is 1.48. The Kier molecular flexibility index (Phi) is 4.96. The highest BCUT2D eigenvalue weighted by Crippen LogP contribution is 2.31. The first-order chi connectivity index (χ1) is 11.4. The van der Waals surface area contributed by atoms with E-state index in [9.17, 15) is 14.9 Å². The van der Waals surface area contributed by atoms with Crippen LogP contribution in [0.2, 0.25) is 0 Å². The Hall–Kier alpha value is -3.60. The predicted octanol–water partition coefficient (Wildman–Crippen LogP) is 3.18. The standard InChI is InChI=1S/C16H14N4O4/c1-10(21)18-15-8-12(3-6-16(15)24-2)19-14-5-4-13(20(22)23)7-11(14)9-17/h3-8,19H,1-2H3,(H,18,21). The minimum Gasteiger partial charge on any atom is -0.495 e. The summed E-state index contributed by atoms with van der Waals surface area (Å²) < 4.78 is 5.17. The Morgan fingerprint density at radius 2 is 2.00 bits per heavy atom. The van der Waals surface area contributed by atoms with E-state index in [-0.39, 0.29) is 17.2 Å². The predicted molar refractivity (Wildman–Crippen MR) is 88.4 cm³/mol. The van der Waals surface area contributed by atoms with Crippen LogP contribution in [-0.2, 0) is 4.79 Å². The fraction of sp³-hybridized carbons (Fsp3) is 0.125. The van der Waals surface area contributed by atoms with E-state index in [1.165, 1.54) is 32.2 Å². The van der Waals surface area contributed by atoms with Crippen molar-refractivity contribution in [3.05, 3.63) is 52.1 Å². The summed E-state index contributed by atoms with van der Waals surface area (Å²) in [6, 6.07) is 10.9. The number of amides is 1. The minimum atomic E-state index is -0.563. The second-order valence-corrected chi connectivity index (χ2v) is 4.82. The molecule has 0 aliphatic carbocycles. The van der Waals surface area contributed by atoms with Gasteiger partial charge in [-0.15, -0.1) is 0 Å². The lowest BCUT2D eigenvalue weighted by Gasteiger charge is -2.13. The van der Waals surface area contributed by atoms with Gasteiger partial charge in [0.2, 0.25) is 5.91 Å². The smallest absolute Gasteiger partial charge is 0.270 e. The molecule has 2 rings (SSSR count). The van der Waals surface area contributed by atoms with Gasteiger partial charge in [0, 0.05) is 24.7 Å². The highest BCUT2D eigenvalue weighted by Gasteiger charge is 2.12. The number of nitrogens with zero attached hydrogens (tertiary/aromatic N) is 2. The number of hydrogen-bond donors (Lipinski definition) is 2. The molecule has 1 amide bonds. The Morgan fingerprint density at radius 3 is 2.58 bits per heavy atom. The van der Waals surface area contributed by atoms with Gasteiger partial charge in [0.05, 0.1) is 29.0 Å². The SMILES string of the molecule is COc1ccc(Nc2ccc([N+](=O)[O-])cc2C#N)cc1NC(C)=O. The zero-order chi connectivity index (χ0) is 17.7. The number of hydrogen-bond acceptors (Lipinski definition) is 6. The first-order valence-electron chi connectivity index (χ1n) is 6.85. The topological polar surface area (TPSA) is 117 Å². The third-order valence-corrected chi connectivity index (χ3v) is 3.12. The Bertz CT molecular complexity index is 842. The van der Waals surface area contributed by atoms with Crippen molar-refractivity contribution in [2.45, 2.75) is 6.92 Å². The van der Waals surface area contributed by atoms with Crippen molar-refractivity contribution in [1.29, 1.82) is 5.26 Å². The van der Waals surface area contributed by atoms with Crippen LogP contribution in [0.15, 0.2) is 36.4 Å². The molecule has 0 saturated carbocycles. The average Bonchev–Trinajstić information content (AvgIpc) is 2.54. The summed E-state index contributed by atoms with van der Waals surface area (Å²) in [6.07, 6.45) is 0. The molecule has 0 unspecified atom stereocenters. The number of nitro groups is 1. The fourth-order valence-electron chi connectivity index (χ4n) is 2.08. The van der Waals surface area contributed by atoms with Gasteiger partial charge in [-0.05, 0) is 24.3 Å². The molecule has 2 N–H and O–H groups in total. The van der Waals surface area contributed by atoms with E-state index >= 15 is 0 Å². The molecule has 0 radical (unpaired) electrons. The van der Waals surface area contributed by atoms with Crippen molar-refractivity contribution < 1.29 is 14.5 Å². The van der Waals surface area contributed by atoms with Crippen LogP contribution in [-0.4, -0.2) is 17.9 Å². The number of nitro benzene ring substituents is 1. The molecule has 0 aromatic heterocycles. The normalized spacial score (nSPS) is 9.71. The molecule has 24 heavy (non-hydrogen) atoms. The van der Waals surface area contributed by atoms with Gasteiger partial charge in [-0.1, -0.05) is 0 Å². The lowest BCUT2D eigenvalue weighted by Crippen LogP contribution is -2.07. The molecule has 0 fully saturated rings. The van der Waals surface area contributed by atoms with Crippen LogP contribution in [0.4, 0.5) is 22.7 Å². The first kappa shape index (κ1) is 16.8. The zero-order valence-corrected chi connectivity index (χ0v) is 13.0. The lowest BCUT2D eigenvalue weighted by molar-refractivity contribution is -0.384. The van der Waals surface area contributed by atoms with Crippen molar-refractivity contribution >= 4 is 28.7 Å². The van der Waals surface area contributed by atoms with E-state index in [2.05, 4.69) is 10.6 Å². The van der Waals surface area contributed by atoms with Crippen LogP contribution in [0.25, 0.3) is 0 Å². The molecule has 122 valence electrons. The maximum atomic E-state index is 11.3. The van der Waals surface area contributed by atoms with Crippen molar-refractivity contribution in [1.82, 2.24) is 0 Å². The second-order valence-electron chi connectivity index (χ2n) is 4.82. The number of non-ortho nitro benzene ring substituents is 1. The number of nitriles is 1. The molecule has 8 nitrogen and oxygen atoms in total. The molecule has 0 atom stereocenters. The van der Waals surface area contributed by atoms with Crippen molar-refractivity contribution in [3.63, 3.8) is 0 Å². The van der Waals surface area contributed by atoms with Crippen molar-refractivity contribution in [2.75, 3.05) is 17.7 Å². The largest absolute Gasteiger partial charge is 0.495 e. The van der Waals surface area contributed by atoms with Gasteiger partial charge >= 0.3 is 0 Å². The summed E-state index contributed by atoms with van der Waals surface area (Å²) in [5, 5.41) is 25.6. The van der Waals surface area contributed by atoms with Crippen LogP contribution >= 0.6 is 0 Å². The number of ether oxygens (including phenoxy) is 1. The van der Waals surface area contributed by atoms with Gasteiger partial charge in [-0.2, -0.15) is 5.26 Å². The van der Waals surface area contributed by atoms with Gasteiger partial charge in [-0.25, -0.2) is 0 Å². The van der Waals surface area contributed by atoms with Crippen LogP contribution in [0.5, 0.6) is 5.75 Å². The molecular weight excluding hydrogens is 312 g/mol. The van der Waals surface area contributed by atoms with Crippen LogP contribution in [0.3, 0.4) is 0 Å². The average molecular weight is 326 g/mol. The summed E-state index contributed by atoms with van der Waals surface area (Å²) >= 11 is 0. The first-order valence-corrected chi connectivity index (χ1v) is 6.85. The maximum Gasteiger partial charge on any atom is 0.270 e. The number of carbonyl (C=O) groups is 1. The van der Waals surface area contributed by atoms with Gasteiger partial charge in [0.1, 0.15) is 11.8 Å². The highest BCUT2D eigenvalue weighted by molar-refractivity contribution is 5.91. The summed E-state index contributed by atoms with van der Waals surface area (Å²) in [5.74, 6) is 0.235. The molecule has 0 saturated heterocycles. The number of rotatable bonds is 5. The number of anilines is 3. The van der Waals surface area contributed by atoms with E-state index in [1.54, 1.807) is 18.2 Å². The Labute approximate surface area is 137 Å². The molecule has 0 bridgehead atoms. The Balaban J connectivity index is 2.36. The number of nitrogens with one attached hydrogen (secondary N) is 2. The van der Waals surface area contributed by atoms with E-state index < -0.39 is 4.92 Å². The number of methoxy groups -OCH3 is 1. The molecule has 0 spiro atoms. The van der Waals surface area contributed by atoms with E-state index in [0.717, 1.165) is 0 Å². The summed E-state index contributed by atoms with van der Waals surface area (Å²) in [5.41, 5.74) is 1.45. The minimum absolute atomic E-state index is 0.140. The molecule has 0 aliphatic heterocycles. The van der Waals surface area contributed by atoms with Crippen LogP contribution in [0.1, 0.15) is 12.5 Å². The van der Waals surface area contributed by atoms with Crippen molar-refractivity contribution in [3.8, 4) is 11.8 Å². The van der Waals surface area contributed by atoms with Gasteiger partial charge in [0.25, 0.3) is 5.69 Å². The molecule has 8 heteroatoms. The number of benzene rings is 2. The summed E-state index contributed by atoms with van der Waals surface area (Å²) in [6.45, 7) is 1.38. The third kappa shape index (κ3) is 3.78. The monoisotopic (exact) mass is 326 g/mol. The molecular formula is C16H14N4O4. The molecule has 2 aromatic carbocycles. The quantitative estimate of drug-likeness (QED) is 0.643. The van der Waals surface area contributed by atoms with E-state index in [1.807, 2.05) is 6.07 Å². The van der Waals surface area contributed by atoms with Gasteiger partial charge in [-0.3, -0.25) is 14.9 Å². The molecule has 0 aliphatic rings. The van der Waals surface area contributed by atoms with Gasteiger partial charge < -0.3 is 15.4 Å². The zero-order valence-electron chi connectivity index (χ0n) is 13.0. The lowest BCUT2D eigenvalue weighted by atomic mass is 10.1. The van der Waals surface area contributed by atoms with Crippen molar-refractivity contribution in [2.24, 2.45) is 0 Å². The highest BCUT2D eigenvalue weighted by atomic mass is 16.6. The van der Waals surface area contributed by atoms with Crippen LogP contribution in [0, 0.1) is 21.4 Å². The van der Waals surface area contributed by atoms with E-state index in [0.29, 0.717) is 22.8 Å². The number of carbonyl (C=O) groups excluding carboxylic acids is 1. The van der Waals surface area contributed by atoms with E-state index in [4.69, 9.17) is 10.00 Å². The Morgan fingerprint density at radius 1 is 1.25 bits per heavy atom. The van der Waals surface area contributed by atoms with Crippen LogP contribution < -0.4 is 15.4 Å². The second kappa shape index (κ2) is 7.11. The summed E-state index contributed by atoms with van der Waals surface area (Å²) in [4.78, 5) is 21.5. The fourth-order valence-corrected chi connectivity index (χ4v) is 2.08. The third-order valence-electron chi connectivity index (χ3n) is 3.12.